The Bertz CT molecular complexity index is 828. The normalized spacial score (nSPS) is 13.5. The van der Waals surface area contributed by atoms with Crippen molar-refractivity contribution < 1.29 is 18.8 Å². The number of esters is 1. The second kappa shape index (κ2) is 10.9. The Balaban J connectivity index is 2.55. The van der Waals surface area contributed by atoms with Crippen molar-refractivity contribution in [1.29, 1.82) is 0 Å². The van der Waals surface area contributed by atoms with E-state index in [4.69, 9.17) is 4.43 Å². The van der Waals surface area contributed by atoms with Gasteiger partial charge in [-0.3, -0.25) is 0 Å². The van der Waals surface area contributed by atoms with Crippen molar-refractivity contribution in [3.8, 4) is 0 Å². The summed E-state index contributed by atoms with van der Waals surface area (Å²) in [7, 11) is -1.43. The predicted octanol–water partition coefficient (Wildman–Crippen LogP) is 3.81. The number of allylic oxidation sites excluding steroid dienone is 2. The molecule has 0 aliphatic carbocycles. The molecule has 0 aromatic heterocycles. The molecule has 0 aliphatic rings. The van der Waals surface area contributed by atoms with Crippen LogP contribution in [0.15, 0.2) is 85.0 Å². The molecule has 0 fully saturated rings. The van der Waals surface area contributed by atoms with E-state index in [0.717, 1.165) is 16.7 Å². The molecule has 1 atom stereocenters. The van der Waals surface area contributed by atoms with E-state index in [2.05, 4.69) is 49.8 Å². The lowest BCUT2D eigenvalue weighted by Crippen LogP contribution is -2.67. The molecule has 0 saturated heterocycles. The number of hydrogen-bond donors (Lipinski definition) is 0. The van der Waals surface area contributed by atoms with Gasteiger partial charge in [-0.25, -0.2) is 4.79 Å². The molecule has 0 bridgehead atoms. The van der Waals surface area contributed by atoms with E-state index in [1.165, 1.54) is 13.2 Å². The van der Waals surface area contributed by atoms with Crippen LogP contribution >= 0.6 is 0 Å². The number of methoxy groups -OCH3 is 1. The molecular formula is C25H30O4Si. The topological polar surface area (TPSA) is 52.6 Å². The van der Waals surface area contributed by atoms with E-state index in [0.29, 0.717) is 0 Å². The minimum atomic E-state index is -2.76. The highest BCUT2D eigenvalue weighted by atomic mass is 28.4. The largest absolute Gasteiger partial charge is 0.466 e. The van der Waals surface area contributed by atoms with Gasteiger partial charge in [0.1, 0.15) is 6.29 Å². The first-order chi connectivity index (χ1) is 14.3. The zero-order valence-corrected chi connectivity index (χ0v) is 19.1. The van der Waals surface area contributed by atoms with Gasteiger partial charge >= 0.3 is 5.97 Å². The van der Waals surface area contributed by atoms with Gasteiger partial charge in [0.05, 0.1) is 13.2 Å². The third-order valence-electron chi connectivity index (χ3n) is 4.94. The molecule has 0 aliphatic heterocycles. The van der Waals surface area contributed by atoms with Gasteiger partial charge in [-0.05, 0) is 15.4 Å². The summed E-state index contributed by atoms with van der Waals surface area (Å²) < 4.78 is 11.5. The van der Waals surface area contributed by atoms with E-state index < -0.39 is 20.4 Å². The lowest BCUT2D eigenvalue weighted by atomic mass is 10.2. The molecule has 158 valence electrons. The molecule has 0 spiro atoms. The average Bonchev–Trinajstić information content (AvgIpc) is 2.75. The van der Waals surface area contributed by atoms with Crippen molar-refractivity contribution in [3.63, 3.8) is 0 Å². The maximum atomic E-state index is 11.4. The van der Waals surface area contributed by atoms with Crippen molar-refractivity contribution in [2.24, 2.45) is 0 Å². The molecule has 0 N–H and O–H groups in total. The highest BCUT2D eigenvalue weighted by Crippen LogP contribution is 2.37. The van der Waals surface area contributed by atoms with Crippen molar-refractivity contribution in [2.45, 2.75) is 38.3 Å². The average molecular weight is 423 g/mol. The fourth-order valence-corrected chi connectivity index (χ4v) is 8.21. The van der Waals surface area contributed by atoms with E-state index >= 15 is 0 Å². The number of carbonyl (C=O) groups is 2. The molecular weight excluding hydrogens is 392 g/mol. The zero-order valence-electron chi connectivity index (χ0n) is 18.1. The maximum Gasteiger partial charge on any atom is 0.330 e. The molecule has 2 aromatic rings. The summed E-state index contributed by atoms with van der Waals surface area (Å²) in [5.74, 6) is -0.431. The van der Waals surface area contributed by atoms with E-state index in [9.17, 15) is 9.59 Å². The van der Waals surface area contributed by atoms with Crippen LogP contribution in [0, 0.1) is 0 Å². The van der Waals surface area contributed by atoms with Gasteiger partial charge in [-0.15, -0.1) is 0 Å². The van der Waals surface area contributed by atoms with Gasteiger partial charge in [0.15, 0.2) is 0 Å². The van der Waals surface area contributed by atoms with Crippen LogP contribution in [-0.2, 0) is 18.8 Å². The summed E-state index contributed by atoms with van der Waals surface area (Å²) in [6.07, 6.45) is 7.16. The number of ether oxygens (including phenoxy) is 1. The van der Waals surface area contributed by atoms with Gasteiger partial charge in [-0.2, -0.15) is 0 Å². The Morgan fingerprint density at radius 2 is 1.50 bits per heavy atom. The lowest BCUT2D eigenvalue weighted by Gasteiger charge is -2.44. The van der Waals surface area contributed by atoms with Crippen LogP contribution in [0.25, 0.3) is 0 Å². The van der Waals surface area contributed by atoms with Crippen molar-refractivity contribution in [2.75, 3.05) is 7.11 Å². The van der Waals surface area contributed by atoms with Crippen molar-refractivity contribution >= 4 is 30.9 Å². The molecule has 0 saturated carbocycles. The van der Waals surface area contributed by atoms with Crippen LogP contribution in [0.5, 0.6) is 0 Å². The van der Waals surface area contributed by atoms with Crippen molar-refractivity contribution in [1.82, 2.24) is 0 Å². The van der Waals surface area contributed by atoms with Crippen LogP contribution in [0.3, 0.4) is 0 Å². The summed E-state index contributed by atoms with van der Waals surface area (Å²) in [6.45, 7) is 6.58. The third-order valence-corrected chi connectivity index (χ3v) is 10.0. The molecule has 2 aromatic carbocycles. The Hall–Kier alpha value is -2.76. The smallest absolute Gasteiger partial charge is 0.330 e. The van der Waals surface area contributed by atoms with Crippen LogP contribution in [0.2, 0.25) is 5.04 Å². The second-order valence-corrected chi connectivity index (χ2v) is 12.2. The highest BCUT2D eigenvalue weighted by Gasteiger charge is 2.51. The first-order valence-corrected chi connectivity index (χ1v) is 11.9. The van der Waals surface area contributed by atoms with Gasteiger partial charge < -0.3 is 14.0 Å². The SMILES string of the molecule is COC(=O)/C=C/C=C/[C@@H](CC=O)O[Si](c1ccccc1)(c1ccccc1)C(C)(C)C. The fraction of sp³-hybridized carbons (Fsp3) is 0.280. The quantitative estimate of drug-likeness (QED) is 0.203. The molecule has 5 heteroatoms. The summed E-state index contributed by atoms with van der Waals surface area (Å²) >= 11 is 0. The summed E-state index contributed by atoms with van der Waals surface area (Å²) in [5, 5.41) is 2.11. The number of hydrogen-bond acceptors (Lipinski definition) is 4. The molecule has 0 radical (unpaired) electrons. The van der Waals surface area contributed by atoms with Crippen molar-refractivity contribution in [3.05, 3.63) is 85.0 Å². The first kappa shape index (κ1) is 23.5. The number of benzene rings is 2. The Morgan fingerprint density at radius 3 is 1.93 bits per heavy atom. The molecule has 2 rings (SSSR count). The molecule has 0 unspecified atom stereocenters. The fourth-order valence-electron chi connectivity index (χ4n) is 3.57. The van der Waals surface area contributed by atoms with Gasteiger partial charge in [0, 0.05) is 12.5 Å². The third kappa shape index (κ3) is 5.65. The van der Waals surface area contributed by atoms with E-state index in [-0.39, 0.29) is 11.5 Å². The molecule has 0 amide bonds. The standard InChI is InChI=1S/C25H30O4Si/c1-25(2,3)30(22-14-7-5-8-15-22,23-16-9-6-10-17-23)29-21(19-20-26)13-11-12-18-24(27)28-4/h5-18,20-21H,19H2,1-4H3/b13-11+,18-12+/t21-/m0/s1. The van der Waals surface area contributed by atoms with Crippen LogP contribution < -0.4 is 10.4 Å². The predicted molar refractivity (Wildman–Crippen MR) is 123 cm³/mol. The monoisotopic (exact) mass is 422 g/mol. The summed E-state index contributed by atoms with van der Waals surface area (Å²) in [6, 6.07) is 20.6. The molecule has 30 heavy (non-hydrogen) atoms. The first-order valence-electron chi connectivity index (χ1n) is 10.0. The van der Waals surface area contributed by atoms with E-state index in [1.54, 1.807) is 12.2 Å². The number of rotatable bonds is 9. The number of aldehydes is 1. The van der Waals surface area contributed by atoms with Crippen LogP contribution in [0.1, 0.15) is 27.2 Å². The molecule has 4 nitrogen and oxygen atoms in total. The van der Waals surface area contributed by atoms with Gasteiger partial charge in [-0.1, -0.05) is 99.7 Å². The maximum absolute atomic E-state index is 11.4. The second-order valence-electron chi connectivity index (χ2n) is 7.99. The van der Waals surface area contributed by atoms with Crippen LogP contribution in [0.4, 0.5) is 0 Å². The zero-order chi connectivity index (χ0) is 22.0. The Kier molecular flexibility index (Phi) is 8.51. The molecule has 0 heterocycles. The van der Waals surface area contributed by atoms with E-state index in [1.807, 2.05) is 42.5 Å². The Morgan fingerprint density at radius 1 is 0.967 bits per heavy atom. The highest BCUT2D eigenvalue weighted by molar-refractivity contribution is 6.99. The minimum absolute atomic E-state index is 0.188. The Labute approximate surface area is 180 Å². The van der Waals surface area contributed by atoms with Gasteiger partial charge in [0.2, 0.25) is 0 Å². The lowest BCUT2D eigenvalue weighted by molar-refractivity contribution is -0.134. The van der Waals surface area contributed by atoms with Crippen LogP contribution in [-0.4, -0.2) is 33.8 Å². The summed E-state index contributed by atoms with van der Waals surface area (Å²) in [5.41, 5.74) is 0. The summed E-state index contributed by atoms with van der Waals surface area (Å²) in [4.78, 5) is 22.7. The minimum Gasteiger partial charge on any atom is -0.466 e. The van der Waals surface area contributed by atoms with Gasteiger partial charge in [0.25, 0.3) is 8.32 Å². The number of carbonyl (C=O) groups excluding carboxylic acids is 2.